The molecule has 0 unspecified atom stereocenters. The van der Waals surface area contributed by atoms with Gasteiger partial charge in [0.2, 0.25) is 0 Å². The van der Waals surface area contributed by atoms with E-state index in [4.69, 9.17) is 5.73 Å². The zero-order valence-corrected chi connectivity index (χ0v) is 11.8. The lowest BCUT2D eigenvalue weighted by Crippen LogP contribution is -2.35. The number of nitrogen functional groups attached to an aromatic ring is 1. The lowest BCUT2D eigenvalue weighted by atomic mass is 10.1. The fraction of sp³-hybridized carbons (Fsp3) is 0.333. The van der Waals surface area contributed by atoms with Gasteiger partial charge < -0.3 is 16.2 Å². The monoisotopic (exact) mass is 286 g/mol. The Kier molecular flexibility index (Phi) is 3.39. The van der Waals surface area contributed by atoms with Gasteiger partial charge in [0.1, 0.15) is 5.69 Å². The summed E-state index contributed by atoms with van der Waals surface area (Å²) in [6.45, 7) is 2.45. The Morgan fingerprint density at radius 3 is 3.05 bits per heavy atom. The number of anilines is 1. The van der Waals surface area contributed by atoms with Crippen LogP contribution in [0.3, 0.4) is 0 Å². The Morgan fingerprint density at radius 1 is 1.52 bits per heavy atom. The van der Waals surface area contributed by atoms with Crippen molar-refractivity contribution in [1.82, 2.24) is 15.1 Å². The molecule has 0 aliphatic heterocycles. The van der Waals surface area contributed by atoms with Gasteiger partial charge in [0.25, 0.3) is 5.91 Å². The molecule has 6 nitrogen and oxygen atoms in total. The molecule has 110 valence electrons. The molecule has 0 saturated heterocycles. The van der Waals surface area contributed by atoms with Crippen molar-refractivity contribution in [3.05, 3.63) is 47.3 Å². The maximum Gasteiger partial charge on any atom is 0.272 e. The molecule has 21 heavy (non-hydrogen) atoms. The van der Waals surface area contributed by atoms with Crippen molar-refractivity contribution < 1.29 is 9.90 Å². The van der Waals surface area contributed by atoms with Gasteiger partial charge in [-0.3, -0.25) is 9.48 Å². The smallest absolute Gasteiger partial charge is 0.272 e. The van der Waals surface area contributed by atoms with Crippen LogP contribution in [0.2, 0.25) is 0 Å². The first-order chi connectivity index (χ1) is 10.1. The van der Waals surface area contributed by atoms with Crippen molar-refractivity contribution in [3.8, 4) is 0 Å². The number of nitrogens with zero attached hydrogens (tertiary/aromatic N) is 2. The van der Waals surface area contributed by atoms with Crippen LogP contribution in [0.15, 0.2) is 30.5 Å². The summed E-state index contributed by atoms with van der Waals surface area (Å²) in [4.78, 5) is 12.5. The predicted molar refractivity (Wildman–Crippen MR) is 78.7 cm³/mol. The second kappa shape index (κ2) is 5.21. The van der Waals surface area contributed by atoms with Crippen molar-refractivity contribution >= 4 is 11.6 Å². The van der Waals surface area contributed by atoms with Gasteiger partial charge in [0, 0.05) is 13.0 Å². The number of aliphatic hydroxyl groups excluding tert-OH is 1. The van der Waals surface area contributed by atoms with Gasteiger partial charge in [-0.05, 0) is 18.1 Å². The Hall–Kier alpha value is -2.34. The summed E-state index contributed by atoms with van der Waals surface area (Å²) < 4.78 is 1.55. The van der Waals surface area contributed by atoms with Crippen LogP contribution in [0.4, 0.5) is 5.69 Å². The number of carbonyl (C=O) groups excluding carboxylic acids is 1. The normalized spacial score (nSPS) is 20.3. The summed E-state index contributed by atoms with van der Waals surface area (Å²) >= 11 is 0. The van der Waals surface area contributed by atoms with Gasteiger partial charge in [-0.25, -0.2) is 0 Å². The third-order valence-corrected chi connectivity index (χ3v) is 3.87. The second-order valence-corrected chi connectivity index (χ2v) is 5.19. The SMILES string of the molecule is CCn1ncc(N)c1C(=O)N[C@H]1c2ccccc2C[C@H]1O. The molecule has 1 heterocycles. The first kappa shape index (κ1) is 13.6. The predicted octanol–water partition coefficient (Wildman–Crippen LogP) is 0.873. The van der Waals surface area contributed by atoms with E-state index in [2.05, 4.69) is 10.4 Å². The van der Waals surface area contributed by atoms with Crippen molar-refractivity contribution in [3.63, 3.8) is 0 Å². The highest BCUT2D eigenvalue weighted by Gasteiger charge is 2.33. The van der Waals surface area contributed by atoms with Gasteiger partial charge in [-0.15, -0.1) is 0 Å². The number of benzene rings is 1. The molecule has 0 radical (unpaired) electrons. The van der Waals surface area contributed by atoms with E-state index in [-0.39, 0.29) is 5.91 Å². The molecule has 3 rings (SSSR count). The second-order valence-electron chi connectivity index (χ2n) is 5.19. The number of nitrogens with two attached hydrogens (primary N) is 1. The number of fused-ring (bicyclic) bond motifs is 1. The van der Waals surface area contributed by atoms with Gasteiger partial charge in [0.05, 0.1) is 24.0 Å². The highest BCUT2D eigenvalue weighted by atomic mass is 16.3. The van der Waals surface area contributed by atoms with Crippen LogP contribution in [0.25, 0.3) is 0 Å². The van der Waals surface area contributed by atoms with Crippen LogP contribution >= 0.6 is 0 Å². The summed E-state index contributed by atoms with van der Waals surface area (Å²) in [6, 6.07) is 7.32. The lowest BCUT2D eigenvalue weighted by Gasteiger charge is -2.18. The number of hydrogen-bond acceptors (Lipinski definition) is 4. The molecular weight excluding hydrogens is 268 g/mol. The van der Waals surface area contributed by atoms with Crippen LogP contribution < -0.4 is 11.1 Å². The molecule has 1 amide bonds. The van der Waals surface area contributed by atoms with E-state index in [9.17, 15) is 9.90 Å². The van der Waals surface area contributed by atoms with Crippen LogP contribution in [-0.4, -0.2) is 26.9 Å². The third-order valence-electron chi connectivity index (χ3n) is 3.87. The van der Waals surface area contributed by atoms with E-state index in [1.54, 1.807) is 4.68 Å². The Morgan fingerprint density at radius 2 is 2.29 bits per heavy atom. The Labute approximate surface area is 122 Å². The molecule has 0 saturated carbocycles. The minimum atomic E-state index is -0.620. The summed E-state index contributed by atoms with van der Waals surface area (Å²) in [7, 11) is 0. The molecule has 1 aliphatic rings. The van der Waals surface area contributed by atoms with Crippen molar-refractivity contribution in [2.75, 3.05) is 5.73 Å². The number of carbonyl (C=O) groups is 1. The molecule has 1 aliphatic carbocycles. The highest BCUT2D eigenvalue weighted by molar-refractivity contribution is 5.97. The lowest BCUT2D eigenvalue weighted by molar-refractivity contribution is 0.0849. The highest BCUT2D eigenvalue weighted by Crippen LogP contribution is 2.31. The molecule has 0 bridgehead atoms. The zero-order valence-electron chi connectivity index (χ0n) is 11.8. The number of aliphatic hydroxyl groups is 1. The molecule has 2 atom stereocenters. The maximum absolute atomic E-state index is 12.5. The van der Waals surface area contributed by atoms with E-state index in [1.807, 2.05) is 31.2 Å². The van der Waals surface area contributed by atoms with Crippen molar-refractivity contribution in [1.29, 1.82) is 0 Å². The van der Waals surface area contributed by atoms with Crippen LogP contribution in [0.5, 0.6) is 0 Å². The third kappa shape index (κ3) is 2.27. The van der Waals surface area contributed by atoms with Gasteiger partial charge >= 0.3 is 0 Å². The number of hydrogen-bond donors (Lipinski definition) is 3. The topological polar surface area (TPSA) is 93.2 Å². The number of aromatic nitrogens is 2. The molecular formula is C15H18N4O2. The van der Waals surface area contributed by atoms with E-state index in [0.29, 0.717) is 24.3 Å². The molecule has 2 aromatic rings. The molecule has 6 heteroatoms. The summed E-state index contributed by atoms with van der Waals surface area (Å²) in [6.07, 6.45) is 1.40. The fourth-order valence-electron chi connectivity index (χ4n) is 2.85. The maximum atomic E-state index is 12.5. The van der Waals surface area contributed by atoms with Gasteiger partial charge in [-0.1, -0.05) is 24.3 Å². The minimum absolute atomic E-state index is 0.312. The average molecular weight is 286 g/mol. The first-order valence-corrected chi connectivity index (χ1v) is 6.99. The van der Waals surface area contributed by atoms with Crippen molar-refractivity contribution in [2.24, 2.45) is 0 Å². The number of nitrogens with one attached hydrogen (secondary N) is 1. The average Bonchev–Trinajstić information content (AvgIpc) is 3.00. The number of amides is 1. The van der Waals surface area contributed by atoms with E-state index in [0.717, 1.165) is 11.1 Å². The zero-order chi connectivity index (χ0) is 15.0. The van der Waals surface area contributed by atoms with Crippen LogP contribution in [0.1, 0.15) is 34.6 Å². The van der Waals surface area contributed by atoms with E-state index in [1.165, 1.54) is 6.20 Å². The largest absolute Gasteiger partial charge is 0.396 e. The van der Waals surface area contributed by atoms with Gasteiger partial charge in [-0.2, -0.15) is 5.10 Å². The molecule has 0 fully saturated rings. The standard InChI is InChI=1S/C15H18N4O2/c1-2-19-14(11(16)8-17-19)15(21)18-13-10-6-4-3-5-9(10)7-12(13)20/h3-6,8,12-13,20H,2,7,16H2,1H3,(H,18,21)/t12-,13+/m1/s1. The quantitative estimate of drug-likeness (QED) is 0.780. The Balaban J connectivity index is 1.87. The molecule has 1 aromatic heterocycles. The molecule has 4 N–H and O–H groups in total. The summed E-state index contributed by atoms with van der Waals surface area (Å²) in [5, 5.41) is 17.1. The summed E-state index contributed by atoms with van der Waals surface area (Å²) in [5.74, 6) is -0.312. The van der Waals surface area contributed by atoms with E-state index >= 15 is 0 Å². The molecule has 1 aromatic carbocycles. The minimum Gasteiger partial charge on any atom is -0.396 e. The summed E-state index contributed by atoms with van der Waals surface area (Å²) in [5.41, 5.74) is 8.52. The number of aryl methyl sites for hydroxylation is 1. The Bertz CT molecular complexity index is 680. The first-order valence-electron chi connectivity index (χ1n) is 6.99. The van der Waals surface area contributed by atoms with Crippen molar-refractivity contribution in [2.45, 2.75) is 32.0 Å². The van der Waals surface area contributed by atoms with Gasteiger partial charge in [0.15, 0.2) is 0 Å². The van der Waals surface area contributed by atoms with Crippen LogP contribution in [-0.2, 0) is 13.0 Å². The van der Waals surface area contributed by atoms with E-state index < -0.39 is 12.1 Å². The van der Waals surface area contributed by atoms with Crippen LogP contribution in [0, 0.1) is 0 Å². The molecule has 0 spiro atoms. The number of rotatable bonds is 3. The fourth-order valence-corrected chi connectivity index (χ4v) is 2.85.